The first kappa shape index (κ1) is 30.0. The van der Waals surface area contributed by atoms with Gasteiger partial charge in [-0.15, -0.1) is 0 Å². The van der Waals surface area contributed by atoms with Gasteiger partial charge in [0.25, 0.3) is 0 Å². The quantitative estimate of drug-likeness (QED) is 0.140. The van der Waals surface area contributed by atoms with Crippen molar-refractivity contribution in [2.45, 2.75) is 12.8 Å². The van der Waals surface area contributed by atoms with E-state index in [4.69, 9.17) is 23.7 Å². The second kappa shape index (κ2) is 15.8. The van der Waals surface area contributed by atoms with Crippen molar-refractivity contribution < 1.29 is 38.1 Å². The van der Waals surface area contributed by atoms with Gasteiger partial charge < -0.3 is 18.9 Å². The molecule has 0 aromatic heterocycles. The normalized spacial score (nSPS) is 9.56. The second-order valence-electron chi connectivity index (χ2n) is 7.63. The Morgan fingerprint density at radius 2 is 1.26 bits per heavy atom. The predicted octanol–water partition coefficient (Wildman–Crippen LogP) is 5.45. The first-order chi connectivity index (χ1) is 18.8. The molecule has 0 radical (unpaired) electrons. The van der Waals surface area contributed by atoms with Gasteiger partial charge in [-0.25, -0.2) is 9.59 Å². The highest BCUT2D eigenvalue weighted by Crippen LogP contribution is 2.33. The molecule has 0 fully saturated rings. The van der Waals surface area contributed by atoms with E-state index in [1.165, 1.54) is 13.2 Å². The summed E-state index contributed by atoms with van der Waals surface area (Å²) in [6.45, 7) is 9.86. The zero-order valence-electron chi connectivity index (χ0n) is 21.5. The maximum Gasteiger partial charge on any atom is 0.335 e. The summed E-state index contributed by atoms with van der Waals surface area (Å²) in [5.41, 5.74) is 2.53. The van der Waals surface area contributed by atoms with Crippen molar-refractivity contribution in [1.82, 2.24) is 0 Å². The molecule has 0 aliphatic heterocycles. The van der Waals surface area contributed by atoms with Crippen LogP contribution in [-0.2, 0) is 25.6 Å². The van der Waals surface area contributed by atoms with Gasteiger partial charge in [0.2, 0.25) is 0 Å². The topological polar surface area (TPSA) is 105 Å². The monoisotopic (exact) mass is 528 g/mol. The zero-order chi connectivity index (χ0) is 28.6. The molecule has 0 saturated carbocycles. The number of carbonyl (C=O) groups is 4. The standard InChI is InChI=1S/C28H24O7.C3H4O/c1-4-26(29)33-22-12-6-19(7-13-22)8-17-28(31)34-23-14-9-20(10-15-23)21-11-16-24(32-3)25(18-21)35-27(30)5-2;1-2-3-4/h4-7,9-16,18H,1-2,8,17H2,3H3;2-3H,1H2. The minimum absolute atomic E-state index is 0.185. The summed E-state index contributed by atoms with van der Waals surface area (Å²) in [4.78, 5) is 44.1. The Hall–Kier alpha value is -5.24. The van der Waals surface area contributed by atoms with Crippen LogP contribution in [0, 0.1) is 0 Å². The summed E-state index contributed by atoms with van der Waals surface area (Å²) < 4.78 is 20.9. The highest BCUT2D eigenvalue weighted by atomic mass is 16.6. The molecule has 0 unspecified atom stereocenters. The van der Waals surface area contributed by atoms with Crippen LogP contribution in [0.2, 0.25) is 0 Å². The fraction of sp³-hybridized carbons (Fsp3) is 0.0968. The van der Waals surface area contributed by atoms with Crippen LogP contribution in [0.4, 0.5) is 0 Å². The van der Waals surface area contributed by atoms with Crippen LogP contribution in [0.3, 0.4) is 0 Å². The largest absolute Gasteiger partial charge is 0.493 e. The summed E-state index contributed by atoms with van der Waals surface area (Å²) in [6, 6.07) is 19.1. The number of rotatable bonds is 11. The average Bonchev–Trinajstić information content (AvgIpc) is 2.97. The molecule has 3 rings (SSSR count). The van der Waals surface area contributed by atoms with Crippen LogP contribution in [0.15, 0.2) is 105 Å². The molecule has 3 aromatic carbocycles. The van der Waals surface area contributed by atoms with E-state index in [-0.39, 0.29) is 18.1 Å². The van der Waals surface area contributed by atoms with Crippen molar-refractivity contribution in [2.24, 2.45) is 0 Å². The Balaban J connectivity index is 0.00000124. The molecule has 200 valence electrons. The number of ether oxygens (including phenoxy) is 4. The predicted molar refractivity (Wildman–Crippen MR) is 147 cm³/mol. The van der Waals surface area contributed by atoms with Crippen molar-refractivity contribution in [3.63, 3.8) is 0 Å². The lowest BCUT2D eigenvalue weighted by atomic mass is 10.0. The highest BCUT2D eigenvalue weighted by Gasteiger charge is 2.11. The van der Waals surface area contributed by atoms with E-state index in [0.717, 1.165) is 28.8 Å². The van der Waals surface area contributed by atoms with Crippen LogP contribution in [0.25, 0.3) is 11.1 Å². The number of benzene rings is 3. The fourth-order valence-electron chi connectivity index (χ4n) is 3.11. The van der Waals surface area contributed by atoms with Crippen molar-refractivity contribution in [1.29, 1.82) is 0 Å². The highest BCUT2D eigenvalue weighted by molar-refractivity contribution is 5.84. The van der Waals surface area contributed by atoms with Gasteiger partial charge in [0, 0.05) is 18.6 Å². The number of esters is 3. The Labute approximate surface area is 226 Å². The molecule has 0 heterocycles. The van der Waals surface area contributed by atoms with Crippen molar-refractivity contribution in [3.05, 3.63) is 110 Å². The maximum atomic E-state index is 12.3. The van der Waals surface area contributed by atoms with Crippen LogP contribution < -0.4 is 18.9 Å². The lowest BCUT2D eigenvalue weighted by Gasteiger charge is -2.11. The average molecular weight is 529 g/mol. The lowest BCUT2D eigenvalue weighted by Crippen LogP contribution is -2.09. The Kier molecular flexibility index (Phi) is 12.1. The molecule has 0 spiro atoms. The third-order valence-electron chi connectivity index (χ3n) is 4.98. The van der Waals surface area contributed by atoms with E-state index in [9.17, 15) is 14.4 Å². The molecular weight excluding hydrogens is 500 g/mol. The number of hydrogen-bond acceptors (Lipinski definition) is 8. The molecule has 8 nitrogen and oxygen atoms in total. The second-order valence-corrected chi connectivity index (χ2v) is 7.63. The Morgan fingerprint density at radius 3 is 1.82 bits per heavy atom. The number of aryl methyl sites for hydroxylation is 1. The fourth-order valence-corrected chi connectivity index (χ4v) is 3.11. The first-order valence-electron chi connectivity index (χ1n) is 11.7. The van der Waals surface area contributed by atoms with Gasteiger partial charge in [-0.3, -0.25) is 9.59 Å². The third-order valence-corrected chi connectivity index (χ3v) is 4.98. The lowest BCUT2D eigenvalue weighted by molar-refractivity contribution is -0.134. The summed E-state index contributed by atoms with van der Waals surface area (Å²) in [7, 11) is 1.49. The smallest absolute Gasteiger partial charge is 0.335 e. The van der Waals surface area contributed by atoms with Gasteiger partial charge in [0.15, 0.2) is 11.5 Å². The zero-order valence-corrected chi connectivity index (χ0v) is 21.5. The van der Waals surface area contributed by atoms with Gasteiger partial charge >= 0.3 is 17.9 Å². The van der Waals surface area contributed by atoms with E-state index in [2.05, 4.69) is 19.7 Å². The van der Waals surface area contributed by atoms with Gasteiger partial charge in [0.05, 0.1) is 7.11 Å². The Morgan fingerprint density at radius 1 is 0.718 bits per heavy atom. The molecule has 39 heavy (non-hydrogen) atoms. The van der Waals surface area contributed by atoms with E-state index < -0.39 is 11.9 Å². The number of methoxy groups -OCH3 is 1. The molecule has 8 heteroatoms. The van der Waals surface area contributed by atoms with E-state index in [1.807, 2.05) is 6.07 Å². The molecule has 0 aliphatic carbocycles. The molecular formula is C31H28O8. The number of allylic oxidation sites excluding steroid dienone is 1. The Bertz CT molecular complexity index is 1320. The van der Waals surface area contributed by atoms with Crippen LogP contribution in [0.5, 0.6) is 23.0 Å². The number of carbonyl (C=O) groups excluding carboxylic acids is 4. The van der Waals surface area contributed by atoms with Gasteiger partial charge in [-0.2, -0.15) is 0 Å². The van der Waals surface area contributed by atoms with Crippen molar-refractivity contribution >= 4 is 24.2 Å². The maximum absolute atomic E-state index is 12.3. The summed E-state index contributed by atoms with van der Waals surface area (Å²) in [5, 5.41) is 0. The van der Waals surface area contributed by atoms with Crippen molar-refractivity contribution in [3.8, 4) is 34.1 Å². The van der Waals surface area contributed by atoms with Crippen LogP contribution in [0.1, 0.15) is 12.0 Å². The van der Waals surface area contributed by atoms with Gasteiger partial charge in [-0.05, 0) is 65.6 Å². The molecule has 0 aliphatic rings. The van der Waals surface area contributed by atoms with Crippen LogP contribution in [-0.4, -0.2) is 31.3 Å². The molecule has 3 aromatic rings. The van der Waals surface area contributed by atoms with E-state index >= 15 is 0 Å². The minimum Gasteiger partial charge on any atom is -0.493 e. The third kappa shape index (κ3) is 9.97. The van der Waals surface area contributed by atoms with Gasteiger partial charge in [0.1, 0.15) is 17.8 Å². The molecule has 0 N–H and O–H groups in total. The summed E-state index contributed by atoms with van der Waals surface area (Å²) in [6.07, 6.45) is 4.66. The SMILES string of the molecule is C=CC(=O)Oc1ccc(CCC(=O)Oc2ccc(-c3ccc(OC)c(OC(=O)C=C)c3)cc2)cc1.C=CC=O. The number of aldehydes is 1. The van der Waals surface area contributed by atoms with Crippen molar-refractivity contribution in [2.75, 3.05) is 7.11 Å². The molecule has 0 saturated heterocycles. The summed E-state index contributed by atoms with van der Waals surface area (Å²) in [5.74, 6) is 0.0225. The first-order valence-corrected chi connectivity index (χ1v) is 11.7. The summed E-state index contributed by atoms with van der Waals surface area (Å²) >= 11 is 0. The number of hydrogen-bond donors (Lipinski definition) is 0. The molecule has 0 bridgehead atoms. The molecule has 0 atom stereocenters. The van der Waals surface area contributed by atoms with Crippen LogP contribution >= 0.6 is 0 Å². The van der Waals surface area contributed by atoms with E-state index in [0.29, 0.717) is 30.0 Å². The van der Waals surface area contributed by atoms with Gasteiger partial charge in [-0.1, -0.05) is 50.1 Å². The minimum atomic E-state index is -0.588. The molecule has 0 amide bonds. The van der Waals surface area contributed by atoms with E-state index in [1.54, 1.807) is 60.7 Å².